The third-order valence-corrected chi connectivity index (χ3v) is 4.51. The highest BCUT2D eigenvalue weighted by atomic mass is 35.5. The van der Waals surface area contributed by atoms with Gasteiger partial charge in [0.1, 0.15) is 0 Å². The third kappa shape index (κ3) is 7.30. The van der Waals surface area contributed by atoms with Crippen LogP contribution < -0.4 is 15.8 Å². The third-order valence-electron chi connectivity index (χ3n) is 3.04. The van der Waals surface area contributed by atoms with Crippen LogP contribution in [0.25, 0.3) is 0 Å². The standard InChI is InChI=1S/C15H25N3O3S.ClH/c1-4-9-17-22(20,21)13-7-5-12(6-8-13)18-15(19)14(16)10-11(2)3;/h5-8,11,14,17H,4,9-10,16H2,1-3H3,(H,18,19);1H/t14-;/m0./s1. The molecule has 1 amide bonds. The summed E-state index contributed by atoms with van der Waals surface area (Å²) < 4.78 is 26.4. The van der Waals surface area contributed by atoms with Gasteiger partial charge in [-0.15, -0.1) is 12.4 Å². The Morgan fingerprint density at radius 1 is 1.22 bits per heavy atom. The van der Waals surface area contributed by atoms with E-state index in [2.05, 4.69) is 10.0 Å². The Hall–Kier alpha value is -1.15. The molecule has 0 spiro atoms. The van der Waals surface area contributed by atoms with Gasteiger partial charge in [-0.25, -0.2) is 13.1 Å². The van der Waals surface area contributed by atoms with Crippen LogP contribution in [0.3, 0.4) is 0 Å². The largest absolute Gasteiger partial charge is 0.325 e. The van der Waals surface area contributed by atoms with Gasteiger partial charge >= 0.3 is 0 Å². The van der Waals surface area contributed by atoms with Crippen molar-refractivity contribution in [3.8, 4) is 0 Å². The van der Waals surface area contributed by atoms with Gasteiger partial charge in [0.25, 0.3) is 0 Å². The Morgan fingerprint density at radius 3 is 2.26 bits per heavy atom. The summed E-state index contributed by atoms with van der Waals surface area (Å²) in [5.41, 5.74) is 6.33. The number of nitrogens with one attached hydrogen (secondary N) is 2. The predicted octanol–water partition coefficient (Wildman–Crippen LogP) is 2.11. The maximum atomic E-state index is 11.9. The molecule has 0 fully saturated rings. The fourth-order valence-electron chi connectivity index (χ4n) is 1.89. The minimum atomic E-state index is -3.49. The lowest BCUT2D eigenvalue weighted by atomic mass is 10.0. The Bertz CT molecular complexity index is 588. The lowest BCUT2D eigenvalue weighted by molar-refractivity contribution is -0.117. The zero-order valence-electron chi connectivity index (χ0n) is 13.7. The van der Waals surface area contributed by atoms with Gasteiger partial charge in [-0.2, -0.15) is 0 Å². The van der Waals surface area contributed by atoms with Crippen molar-refractivity contribution in [3.63, 3.8) is 0 Å². The first-order valence-corrected chi connectivity index (χ1v) is 8.90. The molecule has 0 bridgehead atoms. The Morgan fingerprint density at radius 2 is 1.78 bits per heavy atom. The molecule has 8 heteroatoms. The number of hydrogen-bond donors (Lipinski definition) is 3. The molecule has 0 saturated heterocycles. The van der Waals surface area contributed by atoms with E-state index in [-0.39, 0.29) is 23.2 Å². The van der Waals surface area contributed by atoms with Crippen LogP contribution in [-0.2, 0) is 14.8 Å². The summed E-state index contributed by atoms with van der Waals surface area (Å²) in [6.45, 7) is 6.28. The second kappa shape index (κ2) is 9.87. The van der Waals surface area contributed by atoms with Crippen molar-refractivity contribution in [2.45, 2.75) is 44.6 Å². The number of rotatable bonds is 8. The SMILES string of the molecule is CCCNS(=O)(=O)c1ccc(NC(=O)[C@@H](N)CC(C)C)cc1.Cl. The quantitative estimate of drug-likeness (QED) is 0.658. The van der Waals surface area contributed by atoms with E-state index < -0.39 is 16.1 Å². The number of anilines is 1. The summed E-state index contributed by atoms with van der Waals surface area (Å²) in [6, 6.07) is 5.46. The molecule has 0 radical (unpaired) electrons. The predicted molar refractivity (Wildman–Crippen MR) is 95.2 cm³/mol. The van der Waals surface area contributed by atoms with E-state index in [1.807, 2.05) is 20.8 Å². The number of halogens is 1. The fourth-order valence-corrected chi connectivity index (χ4v) is 3.02. The lowest BCUT2D eigenvalue weighted by Crippen LogP contribution is -2.36. The highest BCUT2D eigenvalue weighted by Gasteiger charge is 2.16. The van der Waals surface area contributed by atoms with E-state index in [9.17, 15) is 13.2 Å². The summed E-state index contributed by atoms with van der Waals surface area (Å²) in [6.07, 6.45) is 1.32. The molecule has 132 valence electrons. The van der Waals surface area contributed by atoms with Gasteiger partial charge in [0.05, 0.1) is 10.9 Å². The van der Waals surface area contributed by atoms with Gasteiger partial charge in [-0.3, -0.25) is 4.79 Å². The van der Waals surface area contributed by atoms with Crippen molar-refractivity contribution in [1.82, 2.24) is 4.72 Å². The molecule has 1 aromatic carbocycles. The Labute approximate surface area is 144 Å². The van der Waals surface area contributed by atoms with Crippen molar-refractivity contribution < 1.29 is 13.2 Å². The van der Waals surface area contributed by atoms with Gasteiger partial charge in [0, 0.05) is 12.2 Å². The number of sulfonamides is 1. The lowest BCUT2D eigenvalue weighted by Gasteiger charge is -2.14. The van der Waals surface area contributed by atoms with Gasteiger partial charge in [0.15, 0.2) is 0 Å². The summed E-state index contributed by atoms with van der Waals surface area (Å²) >= 11 is 0. The van der Waals surface area contributed by atoms with Gasteiger partial charge < -0.3 is 11.1 Å². The van der Waals surface area contributed by atoms with E-state index in [0.717, 1.165) is 6.42 Å². The average molecular weight is 364 g/mol. The minimum Gasteiger partial charge on any atom is -0.325 e. The van der Waals surface area contributed by atoms with E-state index in [1.54, 1.807) is 12.1 Å². The monoisotopic (exact) mass is 363 g/mol. The number of carbonyl (C=O) groups is 1. The molecule has 1 rings (SSSR count). The van der Waals surface area contributed by atoms with Crippen LogP contribution >= 0.6 is 12.4 Å². The molecule has 1 atom stereocenters. The summed E-state index contributed by atoms with van der Waals surface area (Å²) in [5.74, 6) is 0.0614. The molecule has 0 unspecified atom stereocenters. The number of amides is 1. The second-order valence-corrected chi connectivity index (χ2v) is 7.41. The van der Waals surface area contributed by atoms with Crippen LogP contribution in [0.5, 0.6) is 0 Å². The maximum Gasteiger partial charge on any atom is 0.241 e. The van der Waals surface area contributed by atoms with E-state index in [0.29, 0.717) is 24.6 Å². The van der Waals surface area contributed by atoms with Crippen molar-refractivity contribution in [2.75, 3.05) is 11.9 Å². The number of hydrogen-bond acceptors (Lipinski definition) is 4. The number of carbonyl (C=O) groups excluding carboxylic acids is 1. The molecule has 0 heterocycles. The molecular weight excluding hydrogens is 338 g/mol. The van der Waals surface area contributed by atoms with Crippen molar-refractivity contribution in [3.05, 3.63) is 24.3 Å². The average Bonchev–Trinajstić information content (AvgIpc) is 2.45. The summed E-state index contributed by atoms with van der Waals surface area (Å²) in [4.78, 5) is 12.1. The normalized spacial score (nSPS) is 12.6. The van der Waals surface area contributed by atoms with Crippen LogP contribution in [0.2, 0.25) is 0 Å². The summed E-state index contributed by atoms with van der Waals surface area (Å²) in [7, 11) is -3.49. The number of nitrogens with two attached hydrogens (primary N) is 1. The zero-order valence-corrected chi connectivity index (χ0v) is 15.3. The molecule has 6 nitrogen and oxygen atoms in total. The molecule has 0 saturated carbocycles. The van der Waals surface area contributed by atoms with Crippen molar-refractivity contribution in [1.29, 1.82) is 0 Å². The van der Waals surface area contributed by atoms with Crippen LogP contribution in [0.15, 0.2) is 29.2 Å². The highest BCUT2D eigenvalue weighted by Crippen LogP contribution is 2.14. The van der Waals surface area contributed by atoms with E-state index in [1.165, 1.54) is 12.1 Å². The van der Waals surface area contributed by atoms with Gasteiger partial charge in [0.2, 0.25) is 15.9 Å². The topological polar surface area (TPSA) is 101 Å². The molecule has 0 aliphatic heterocycles. The molecular formula is C15H26ClN3O3S. The van der Waals surface area contributed by atoms with Crippen LogP contribution in [-0.4, -0.2) is 26.9 Å². The first kappa shape index (κ1) is 21.9. The molecule has 0 aliphatic carbocycles. The molecule has 0 aliphatic rings. The van der Waals surface area contributed by atoms with Crippen molar-refractivity contribution in [2.24, 2.45) is 11.7 Å². The molecule has 23 heavy (non-hydrogen) atoms. The smallest absolute Gasteiger partial charge is 0.241 e. The van der Waals surface area contributed by atoms with Gasteiger partial charge in [-0.1, -0.05) is 20.8 Å². The van der Waals surface area contributed by atoms with Crippen molar-refractivity contribution >= 4 is 34.0 Å². The molecule has 1 aromatic rings. The molecule has 4 N–H and O–H groups in total. The maximum absolute atomic E-state index is 11.9. The zero-order chi connectivity index (χ0) is 16.8. The highest BCUT2D eigenvalue weighted by molar-refractivity contribution is 7.89. The van der Waals surface area contributed by atoms with Crippen LogP contribution in [0.4, 0.5) is 5.69 Å². The summed E-state index contributed by atoms with van der Waals surface area (Å²) in [5, 5.41) is 2.69. The van der Waals surface area contributed by atoms with Crippen LogP contribution in [0, 0.1) is 5.92 Å². The van der Waals surface area contributed by atoms with E-state index in [4.69, 9.17) is 5.73 Å². The fraction of sp³-hybridized carbons (Fsp3) is 0.533. The molecule has 0 aromatic heterocycles. The Kier molecular flexibility index (Phi) is 9.38. The minimum absolute atomic E-state index is 0. The Balaban J connectivity index is 0.00000484. The van der Waals surface area contributed by atoms with Gasteiger partial charge in [-0.05, 0) is 43.0 Å². The van der Waals surface area contributed by atoms with Crippen LogP contribution in [0.1, 0.15) is 33.6 Å². The first-order chi connectivity index (χ1) is 10.3. The first-order valence-electron chi connectivity index (χ1n) is 7.42. The van der Waals surface area contributed by atoms with E-state index >= 15 is 0 Å². The second-order valence-electron chi connectivity index (χ2n) is 5.65. The number of benzene rings is 1.